The first-order valence-electron chi connectivity index (χ1n) is 13.0. The van der Waals surface area contributed by atoms with Gasteiger partial charge >= 0.3 is 6.03 Å². The van der Waals surface area contributed by atoms with Crippen LogP contribution in [-0.2, 0) is 13.5 Å². The predicted octanol–water partition coefficient (Wildman–Crippen LogP) is 5.47. The molecule has 36 heavy (non-hydrogen) atoms. The highest BCUT2D eigenvalue weighted by Crippen LogP contribution is 2.35. The summed E-state index contributed by atoms with van der Waals surface area (Å²) >= 11 is 0. The second kappa shape index (κ2) is 9.91. The second-order valence-corrected chi connectivity index (χ2v) is 11.3. The van der Waals surface area contributed by atoms with Crippen molar-refractivity contribution >= 4 is 17.7 Å². The van der Waals surface area contributed by atoms with Crippen LogP contribution in [-0.4, -0.2) is 43.8 Å². The molecule has 8 nitrogen and oxygen atoms in total. The Bertz CT molecular complexity index is 1230. The number of carbonyl (C=O) groups excluding carboxylic acids is 1. The quantitative estimate of drug-likeness (QED) is 0.477. The standard InChI is InChI=1S/C28H37N7O/c1-28(2,3)21-12-14-35(17-21)27(36)33-25-8-6-5-7-19-15-20(9-10-23(19)25)24-11-13-29-26(32-24)31-22-16-30-34(4)18-22/h9-11,13,15-16,18,21,25H,5-8,12,14,17H2,1-4H3,(H,33,36)(H,29,31,32). The molecule has 3 heterocycles. The van der Waals surface area contributed by atoms with Crippen LogP contribution in [0.5, 0.6) is 0 Å². The van der Waals surface area contributed by atoms with Gasteiger partial charge in [-0.15, -0.1) is 0 Å². The zero-order valence-electron chi connectivity index (χ0n) is 21.8. The monoisotopic (exact) mass is 487 g/mol. The van der Waals surface area contributed by atoms with Crippen LogP contribution in [0.2, 0.25) is 0 Å². The van der Waals surface area contributed by atoms with Gasteiger partial charge in [-0.25, -0.2) is 14.8 Å². The summed E-state index contributed by atoms with van der Waals surface area (Å²) in [6, 6.07) is 8.59. The zero-order chi connectivity index (χ0) is 25.3. The summed E-state index contributed by atoms with van der Waals surface area (Å²) in [5.41, 5.74) is 5.54. The SMILES string of the molecule is Cn1cc(Nc2nccc(-c3ccc4c(c3)CCCCC4NC(=O)N3CCC(C(C)(C)C)C3)n2)cn1. The van der Waals surface area contributed by atoms with E-state index < -0.39 is 0 Å². The summed E-state index contributed by atoms with van der Waals surface area (Å²) in [4.78, 5) is 24.3. The van der Waals surface area contributed by atoms with Gasteiger partial charge < -0.3 is 15.5 Å². The molecule has 0 saturated carbocycles. The minimum absolute atomic E-state index is 0.0472. The molecule has 2 amide bonds. The van der Waals surface area contributed by atoms with Crippen molar-refractivity contribution in [3.63, 3.8) is 0 Å². The molecule has 2 aliphatic rings. The highest BCUT2D eigenvalue weighted by molar-refractivity contribution is 5.75. The van der Waals surface area contributed by atoms with Gasteiger partial charge in [-0.1, -0.05) is 39.3 Å². The van der Waals surface area contributed by atoms with E-state index in [1.165, 1.54) is 11.1 Å². The lowest BCUT2D eigenvalue weighted by Crippen LogP contribution is -2.41. The molecule has 0 spiro atoms. The molecule has 8 heteroatoms. The molecule has 1 aliphatic heterocycles. The van der Waals surface area contributed by atoms with Gasteiger partial charge in [0.25, 0.3) is 0 Å². The van der Waals surface area contributed by atoms with Gasteiger partial charge in [-0.05, 0) is 60.3 Å². The van der Waals surface area contributed by atoms with Crippen molar-refractivity contribution in [1.29, 1.82) is 0 Å². The molecular weight excluding hydrogens is 450 g/mol. The van der Waals surface area contributed by atoms with Crippen LogP contribution in [0.4, 0.5) is 16.4 Å². The number of nitrogens with one attached hydrogen (secondary N) is 2. The van der Waals surface area contributed by atoms with Gasteiger partial charge in [0.15, 0.2) is 0 Å². The third kappa shape index (κ3) is 5.37. The number of urea groups is 1. The molecule has 1 aliphatic carbocycles. The number of aromatic nitrogens is 4. The van der Waals surface area contributed by atoms with Crippen LogP contribution in [0.3, 0.4) is 0 Å². The summed E-state index contributed by atoms with van der Waals surface area (Å²) in [6.07, 6.45) is 10.7. The average Bonchev–Trinajstić information content (AvgIpc) is 3.46. The number of carbonyl (C=O) groups is 1. The van der Waals surface area contributed by atoms with E-state index in [1.807, 2.05) is 24.2 Å². The fourth-order valence-corrected chi connectivity index (χ4v) is 5.38. The van der Waals surface area contributed by atoms with Gasteiger partial charge in [-0.2, -0.15) is 5.10 Å². The molecule has 2 unspecified atom stereocenters. The molecule has 5 rings (SSSR count). The number of hydrogen-bond acceptors (Lipinski definition) is 5. The maximum Gasteiger partial charge on any atom is 0.317 e. The van der Waals surface area contributed by atoms with E-state index >= 15 is 0 Å². The number of anilines is 2. The van der Waals surface area contributed by atoms with Crippen molar-refractivity contribution in [3.8, 4) is 11.3 Å². The van der Waals surface area contributed by atoms with Crippen molar-refractivity contribution in [3.05, 3.63) is 54.0 Å². The number of likely N-dealkylation sites (tertiary alicyclic amines) is 1. The molecule has 1 fully saturated rings. The maximum atomic E-state index is 13.2. The maximum absolute atomic E-state index is 13.2. The van der Waals surface area contributed by atoms with Gasteiger partial charge in [0.2, 0.25) is 5.95 Å². The normalized spacial score (nSPS) is 20.1. The van der Waals surface area contributed by atoms with Crippen LogP contribution >= 0.6 is 0 Å². The number of amides is 2. The summed E-state index contributed by atoms with van der Waals surface area (Å²) in [5.74, 6) is 1.09. The van der Waals surface area contributed by atoms with Crippen LogP contribution in [0.1, 0.15) is 63.6 Å². The highest BCUT2D eigenvalue weighted by atomic mass is 16.2. The Kier molecular flexibility index (Phi) is 6.69. The van der Waals surface area contributed by atoms with Gasteiger partial charge in [0, 0.05) is 38.1 Å². The minimum atomic E-state index is 0.0472. The first kappa shape index (κ1) is 24.3. The van der Waals surface area contributed by atoms with E-state index in [0.717, 1.165) is 62.1 Å². The number of hydrogen-bond donors (Lipinski definition) is 2. The summed E-state index contributed by atoms with van der Waals surface area (Å²) < 4.78 is 1.74. The average molecular weight is 488 g/mol. The predicted molar refractivity (Wildman–Crippen MR) is 142 cm³/mol. The van der Waals surface area contributed by atoms with E-state index in [9.17, 15) is 4.79 Å². The number of benzene rings is 1. The lowest BCUT2D eigenvalue weighted by Gasteiger charge is -2.28. The van der Waals surface area contributed by atoms with Crippen molar-refractivity contribution in [1.82, 2.24) is 30.0 Å². The minimum Gasteiger partial charge on any atom is -0.331 e. The highest BCUT2D eigenvalue weighted by Gasteiger charge is 2.34. The van der Waals surface area contributed by atoms with E-state index in [2.05, 4.69) is 59.7 Å². The van der Waals surface area contributed by atoms with Crippen LogP contribution in [0, 0.1) is 11.3 Å². The van der Waals surface area contributed by atoms with Crippen molar-refractivity contribution in [2.45, 2.75) is 58.9 Å². The first-order chi connectivity index (χ1) is 17.3. The van der Waals surface area contributed by atoms with E-state index in [-0.39, 0.29) is 17.5 Å². The Morgan fingerprint density at radius 1 is 1.14 bits per heavy atom. The molecular formula is C28H37N7O. The van der Waals surface area contributed by atoms with Crippen LogP contribution in [0.25, 0.3) is 11.3 Å². The molecule has 2 N–H and O–H groups in total. The Hall–Kier alpha value is -3.42. The van der Waals surface area contributed by atoms with Gasteiger partial charge in [0.05, 0.1) is 23.6 Å². The third-order valence-corrected chi connectivity index (χ3v) is 7.62. The fourth-order valence-electron chi connectivity index (χ4n) is 5.38. The summed E-state index contributed by atoms with van der Waals surface area (Å²) in [6.45, 7) is 8.50. The largest absolute Gasteiger partial charge is 0.331 e. The molecule has 2 atom stereocenters. The smallest absolute Gasteiger partial charge is 0.317 e. The Morgan fingerprint density at radius 3 is 2.75 bits per heavy atom. The number of rotatable bonds is 4. The topological polar surface area (TPSA) is 88.0 Å². The molecule has 1 aromatic carbocycles. The molecule has 3 aromatic rings. The summed E-state index contributed by atoms with van der Waals surface area (Å²) in [7, 11) is 1.88. The van der Waals surface area contributed by atoms with Crippen LogP contribution in [0.15, 0.2) is 42.9 Å². The number of aryl methyl sites for hydroxylation is 2. The molecule has 190 valence electrons. The van der Waals surface area contributed by atoms with Crippen molar-refractivity contribution in [2.75, 3.05) is 18.4 Å². The Labute approximate surface area is 213 Å². The van der Waals surface area contributed by atoms with E-state index in [1.54, 1.807) is 17.1 Å². The van der Waals surface area contributed by atoms with Crippen molar-refractivity contribution in [2.24, 2.45) is 18.4 Å². The number of fused-ring (bicyclic) bond motifs is 1. The summed E-state index contributed by atoms with van der Waals surface area (Å²) in [5, 5.41) is 10.8. The lowest BCUT2D eigenvalue weighted by molar-refractivity contribution is 0.192. The molecule has 0 radical (unpaired) electrons. The lowest BCUT2D eigenvalue weighted by atomic mass is 9.80. The second-order valence-electron chi connectivity index (χ2n) is 11.3. The van der Waals surface area contributed by atoms with Gasteiger partial charge in [0.1, 0.15) is 0 Å². The van der Waals surface area contributed by atoms with Crippen LogP contribution < -0.4 is 10.6 Å². The van der Waals surface area contributed by atoms with E-state index in [0.29, 0.717) is 11.9 Å². The van der Waals surface area contributed by atoms with E-state index in [4.69, 9.17) is 4.98 Å². The van der Waals surface area contributed by atoms with Crippen molar-refractivity contribution < 1.29 is 4.79 Å². The Morgan fingerprint density at radius 2 is 2.00 bits per heavy atom. The fraction of sp³-hybridized carbons (Fsp3) is 0.500. The number of nitrogens with zero attached hydrogens (tertiary/aromatic N) is 5. The third-order valence-electron chi connectivity index (χ3n) is 7.62. The molecule has 2 aromatic heterocycles. The molecule has 1 saturated heterocycles. The zero-order valence-corrected chi connectivity index (χ0v) is 21.8. The Balaban J connectivity index is 1.32. The molecule has 0 bridgehead atoms. The first-order valence-corrected chi connectivity index (χ1v) is 13.0. The van der Waals surface area contributed by atoms with Gasteiger partial charge in [-0.3, -0.25) is 4.68 Å².